The van der Waals surface area contributed by atoms with Crippen molar-refractivity contribution in [2.45, 2.75) is 18.9 Å². The highest BCUT2D eigenvalue weighted by Crippen LogP contribution is 2.30. The molecule has 2 atom stereocenters. The van der Waals surface area contributed by atoms with Gasteiger partial charge in [-0.3, -0.25) is 0 Å². The van der Waals surface area contributed by atoms with Gasteiger partial charge in [0.05, 0.1) is 18.8 Å². The molecular formula is C17H19N3O5S. The zero-order valence-corrected chi connectivity index (χ0v) is 15.3. The number of hydrogen-bond donors (Lipinski definition) is 0. The second-order valence-electron chi connectivity index (χ2n) is 6.37. The van der Waals surface area contributed by atoms with Crippen molar-refractivity contribution in [3.63, 3.8) is 0 Å². The first-order valence-corrected chi connectivity index (χ1v) is 10.1. The Morgan fingerprint density at radius 2 is 2.04 bits per heavy atom. The van der Waals surface area contributed by atoms with E-state index in [2.05, 4.69) is 10.2 Å². The molecule has 9 heteroatoms. The molecule has 0 amide bonds. The molecular weight excluding hydrogens is 358 g/mol. The van der Waals surface area contributed by atoms with E-state index in [9.17, 15) is 8.42 Å². The molecule has 0 N–H and O–H groups in total. The molecule has 1 fully saturated rings. The van der Waals surface area contributed by atoms with Crippen LogP contribution in [0.4, 0.5) is 0 Å². The molecule has 2 unspecified atom stereocenters. The van der Waals surface area contributed by atoms with Gasteiger partial charge >= 0.3 is 0 Å². The van der Waals surface area contributed by atoms with Crippen LogP contribution in [0.15, 0.2) is 39.2 Å². The molecule has 0 radical (unpaired) electrons. The monoisotopic (exact) mass is 377 g/mol. The smallest absolute Gasteiger partial charge is 0.246 e. The topological polar surface area (TPSA) is 98.7 Å². The van der Waals surface area contributed by atoms with Gasteiger partial charge in [0.1, 0.15) is 17.4 Å². The first-order valence-electron chi connectivity index (χ1n) is 8.30. The van der Waals surface area contributed by atoms with Gasteiger partial charge in [-0.2, -0.15) is 4.31 Å². The summed E-state index contributed by atoms with van der Waals surface area (Å²) >= 11 is 0. The van der Waals surface area contributed by atoms with E-state index >= 15 is 0 Å². The molecule has 0 spiro atoms. The van der Waals surface area contributed by atoms with E-state index in [4.69, 9.17) is 13.6 Å². The molecule has 1 aliphatic heterocycles. The quantitative estimate of drug-likeness (QED) is 0.688. The third-order valence-corrected chi connectivity index (χ3v) is 5.74. The van der Waals surface area contributed by atoms with Crippen LogP contribution >= 0.6 is 0 Å². The summed E-state index contributed by atoms with van der Waals surface area (Å²) in [6.07, 6.45) is 0.612. The fourth-order valence-corrected chi connectivity index (χ4v) is 3.78. The van der Waals surface area contributed by atoms with Crippen molar-refractivity contribution in [1.29, 1.82) is 0 Å². The summed E-state index contributed by atoms with van der Waals surface area (Å²) in [7, 11) is -3.29. The predicted octanol–water partition coefficient (Wildman–Crippen LogP) is 2.30. The summed E-state index contributed by atoms with van der Waals surface area (Å²) in [5, 5.41) is 9.16. The van der Waals surface area contributed by atoms with Crippen LogP contribution in [-0.4, -0.2) is 48.9 Å². The Kier molecular flexibility index (Phi) is 4.29. The summed E-state index contributed by atoms with van der Waals surface area (Å²) in [5.74, 6) is 1.18. The number of nitrogens with zero attached hydrogens (tertiary/aromatic N) is 3. The second kappa shape index (κ2) is 6.49. The lowest BCUT2D eigenvalue weighted by Crippen LogP contribution is -2.41. The van der Waals surface area contributed by atoms with E-state index in [0.29, 0.717) is 12.4 Å². The molecule has 3 heterocycles. The second-order valence-corrected chi connectivity index (χ2v) is 8.35. The molecule has 138 valence electrons. The number of morpholine rings is 1. The molecule has 1 aliphatic rings. The van der Waals surface area contributed by atoms with Crippen LogP contribution in [0, 0.1) is 0 Å². The van der Waals surface area contributed by atoms with Crippen LogP contribution in [0.25, 0.3) is 11.0 Å². The van der Waals surface area contributed by atoms with Crippen LogP contribution in [0.5, 0.6) is 0 Å². The number of rotatable bonds is 4. The maximum Gasteiger partial charge on any atom is 0.246 e. The van der Waals surface area contributed by atoms with Gasteiger partial charge in [-0.25, -0.2) is 8.42 Å². The molecule has 3 aromatic rings. The Morgan fingerprint density at radius 1 is 1.23 bits per heavy atom. The molecule has 0 bridgehead atoms. The van der Waals surface area contributed by atoms with Crippen LogP contribution in [0.1, 0.15) is 36.5 Å². The third kappa shape index (κ3) is 3.25. The van der Waals surface area contributed by atoms with Crippen molar-refractivity contribution >= 4 is 21.0 Å². The molecule has 0 saturated carbocycles. The SMILES string of the molecule is CC(c1cc2ccccc2o1)c1nnc(C2CN(S(C)(=O)=O)CCO2)o1. The molecule has 4 rings (SSSR count). The van der Waals surface area contributed by atoms with Crippen molar-refractivity contribution in [1.82, 2.24) is 14.5 Å². The van der Waals surface area contributed by atoms with Gasteiger partial charge in [0.2, 0.25) is 21.8 Å². The van der Waals surface area contributed by atoms with Gasteiger partial charge in [-0.15, -0.1) is 10.2 Å². The van der Waals surface area contributed by atoms with Crippen molar-refractivity contribution in [2.24, 2.45) is 0 Å². The molecule has 26 heavy (non-hydrogen) atoms. The van der Waals surface area contributed by atoms with E-state index in [1.807, 2.05) is 37.3 Å². The summed E-state index contributed by atoms with van der Waals surface area (Å²) < 4.78 is 42.1. The number of aromatic nitrogens is 2. The molecule has 2 aromatic heterocycles. The minimum Gasteiger partial charge on any atom is -0.460 e. The maximum absolute atomic E-state index is 11.7. The average molecular weight is 377 g/mol. The van der Waals surface area contributed by atoms with Gasteiger partial charge in [0.25, 0.3) is 0 Å². The number of benzene rings is 1. The third-order valence-electron chi connectivity index (χ3n) is 4.47. The highest BCUT2D eigenvalue weighted by Gasteiger charge is 2.31. The highest BCUT2D eigenvalue weighted by molar-refractivity contribution is 7.88. The van der Waals surface area contributed by atoms with E-state index < -0.39 is 16.1 Å². The van der Waals surface area contributed by atoms with Gasteiger partial charge in [0.15, 0.2) is 0 Å². The lowest BCUT2D eigenvalue weighted by molar-refractivity contribution is -0.0177. The standard InChI is InChI=1S/C17H19N3O5S/c1-11(14-9-12-5-3-4-6-13(12)24-14)16-18-19-17(25-16)15-10-20(7-8-23-15)26(2,21)22/h3-6,9,11,15H,7-8,10H2,1-2H3. The van der Waals surface area contributed by atoms with Crippen molar-refractivity contribution in [3.05, 3.63) is 47.9 Å². The molecule has 0 aliphatic carbocycles. The summed E-state index contributed by atoms with van der Waals surface area (Å²) in [6, 6.07) is 9.70. The number of sulfonamides is 1. The predicted molar refractivity (Wildman–Crippen MR) is 93.1 cm³/mol. The minimum atomic E-state index is -3.29. The summed E-state index contributed by atoms with van der Waals surface area (Å²) in [6.45, 7) is 2.69. The van der Waals surface area contributed by atoms with Crippen LogP contribution in [0.3, 0.4) is 0 Å². The first kappa shape index (κ1) is 17.2. The zero-order chi connectivity index (χ0) is 18.3. The van der Waals surface area contributed by atoms with Gasteiger partial charge in [0, 0.05) is 18.5 Å². The van der Waals surface area contributed by atoms with E-state index in [1.165, 1.54) is 10.6 Å². The minimum absolute atomic E-state index is 0.166. The van der Waals surface area contributed by atoms with Crippen molar-refractivity contribution in [3.8, 4) is 0 Å². The molecule has 1 saturated heterocycles. The van der Waals surface area contributed by atoms with Gasteiger partial charge in [-0.1, -0.05) is 18.2 Å². The lowest BCUT2D eigenvalue weighted by Gasteiger charge is -2.29. The first-order chi connectivity index (χ1) is 12.4. The fourth-order valence-electron chi connectivity index (χ4n) is 2.97. The van der Waals surface area contributed by atoms with E-state index in [0.717, 1.165) is 16.7 Å². The molecule has 8 nitrogen and oxygen atoms in total. The molecule has 1 aromatic carbocycles. The highest BCUT2D eigenvalue weighted by atomic mass is 32.2. The fraction of sp³-hybridized carbons (Fsp3) is 0.412. The Hall–Kier alpha value is -2.23. The Balaban J connectivity index is 1.55. The van der Waals surface area contributed by atoms with Gasteiger partial charge in [-0.05, 0) is 19.1 Å². The van der Waals surface area contributed by atoms with E-state index in [1.54, 1.807) is 0 Å². The Morgan fingerprint density at radius 3 is 2.81 bits per heavy atom. The number of ether oxygens (including phenoxy) is 1. The van der Waals surface area contributed by atoms with Gasteiger partial charge < -0.3 is 13.6 Å². The summed E-state index contributed by atoms with van der Waals surface area (Å²) in [4.78, 5) is 0. The number of furan rings is 1. The average Bonchev–Trinajstić information content (AvgIpc) is 3.27. The Labute approximate surface area is 150 Å². The zero-order valence-electron chi connectivity index (χ0n) is 14.5. The lowest BCUT2D eigenvalue weighted by atomic mass is 10.1. The largest absolute Gasteiger partial charge is 0.460 e. The Bertz CT molecular complexity index is 993. The van der Waals surface area contributed by atoms with E-state index in [-0.39, 0.29) is 25.0 Å². The number of fused-ring (bicyclic) bond motifs is 1. The van der Waals surface area contributed by atoms with Crippen molar-refractivity contribution < 1.29 is 22.0 Å². The maximum atomic E-state index is 11.7. The van der Waals surface area contributed by atoms with Crippen molar-refractivity contribution in [2.75, 3.05) is 26.0 Å². The van der Waals surface area contributed by atoms with Crippen LogP contribution in [-0.2, 0) is 14.8 Å². The van der Waals surface area contributed by atoms with Crippen LogP contribution in [0.2, 0.25) is 0 Å². The number of para-hydroxylation sites is 1. The normalized spacial score (nSPS) is 20.5. The van der Waals surface area contributed by atoms with Crippen LogP contribution < -0.4 is 0 Å². The summed E-state index contributed by atoms with van der Waals surface area (Å²) in [5.41, 5.74) is 0.800. The number of hydrogen-bond acceptors (Lipinski definition) is 7.